The Morgan fingerprint density at radius 3 is 2.63 bits per heavy atom. The molecule has 0 radical (unpaired) electrons. The highest BCUT2D eigenvalue weighted by molar-refractivity contribution is 5.83. The Kier molecular flexibility index (Phi) is 6.80. The summed E-state index contributed by atoms with van der Waals surface area (Å²) < 4.78 is 7.48. The molecule has 1 amide bonds. The maximum atomic E-state index is 13.9. The molecule has 1 aromatic heterocycles. The van der Waals surface area contributed by atoms with E-state index in [-0.39, 0.29) is 36.0 Å². The number of carbonyl (C=O) groups excluding carboxylic acids is 1. The van der Waals surface area contributed by atoms with Gasteiger partial charge in [-0.1, -0.05) is 30.4 Å². The van der Waals surface area contributed by atoms with E-state index in [1.165, 1.54) is 0 Å². The molecule has 0 unspecified atom stereocenters. The highest BCUT2D eigenvalue weighted by atomic mass is 16.5. The van der Waals surface area contributed by atoms with Crippen molar-refractivity contribution in [3.05, 3.63) is 69.6 Å². The molecule has 0 saturated carbocycles. The van der Waals surface area contributed by atoms with Gasteiger partial charge in [0.05, 0.1) is 19.2 Å². The van der Waals surface area contributed by atoms with Gasteiger partial charge in [0.1, 0.15) is 5.75 Å². The molecule has 2 fully saturated rings. The zero-order valence-electron chi connectivity index (χ0n) is 20.6. The molecule has 186 valence electrons. The van der Waals surface area contributed by atoms with Crippen LogP contribution in [-0.4, -0.2) is 58.2 Å². The molecule has 4 atom stereocenters. The first-order valence-corrected chi connectivity index (χ1v) is 12.7. The number of amides is 1. The molecule has 1 aromatic carbocycles. The van der Waals surface area contributed by atoms with Crippen LogP contribution in [-0.2, 0) is 17.9 Å². The minimum atomic E-state index is -0.433. The summed E-state index contributed by atoms with van der Waals surface area (Å²) in [6.07, 6.45) is 6.90. The Morgan fingerprint density at radius 2 is 1.91 bits per heavy atom. The summed E-state index contributed by atoms with van der Waals surface area (Å²) in [5.41, 5.74) is 2.57. The number of hydrogen-bond donors (Lipinski definition) is 1. The monoisotopic (exact) mass is 477 g/mol. The van der Waals surface area contributed by atoms with E-state index < -0.39 is 6.04 Å². The van der Waals surface area contributed by atoms with Crippen molar-refractivity contribution < 1.29 is 14.6 Å². The van der Waals surface area contributed by atoms with Crippen LogP contribution in [0.4, 0.5) is 0 Å². The summed E-state index contributed by atoms with van der Waals surface area (Å²) in [6, 6.07) is 11.2. The van der Waals surface area contributed by atoms with Crippen molar-refractivity contribution in [2.75, 3.05) is 26.8 Å². The number of likely N-dealkylation sites (tertiary alicyclic amines) is 2. The number of rotatable bonds is 6. The van der Waals surface area contributed by atoms with Crippen molar-refractivity contribution in [2.24, 2.45) is 11.8 Å². The highest BCUT2D eigenvalue weighted by Gasteiger charge is 2.56. The summed E-state index contributed by atoms with van der Waals surface area (Å²) in [7, 11) is 1.66. The summed E-state index contributed by atoms with van der Waals surface area (Å²) in [4.78, 5) is 31.4. The largest absolute Gasteiger partial charge is 0.496 e. The quantitative estimate of drug-likeness (QED) is 0.692. The van der Waals surface area contributed by atoms with Crippen LogP contribution < -0.4 is 10.3 Å². The minimum Gasteiger partial charge on any atom is -0.496 e. The number of carbonyl (C=O) groups is 1. The Bertz CT molecular complexity index is 1170. The maximum Gasteiger partial charge on any atom is 0.258 e. The molecule has 7 nitrogen and oxygen atoms in total. The fourth-order valence-electron chi connectivity index (χ4n) is 6.42. The zero-order valence-corrected chi connectivity index (χ0v) is 20.6. The van der Waals surface area contributed by atoms with Crippen LogP contribution in [0.25, 0.3) is 6.08 Å². The molecule has 0 spiro atoms. The van der Waals surface area contributed by atoms with Crippen molar-refractivity contribution in [3.8, 4) is 5.75 Å². The van der Waals surface area contributed by atoms with Gasteiger partial charge in [-0.3, -0.25) is 14.5 Å². The molecule has 0 aliphatic carbocycles. The normalized spacial score (nSPS) is 26.2. The van der Waals surface area contributed by atoms with Gasteiger partial charge in [-0.05, 0) is 44.4 Å². The Hall–Kier alpha value is -2.90. The van der Waals surface area contributed by atoms with Crippen LogP contribution in [0.15, 0.2) is 47.3 Å². The van der Waals surface area contributed by atoms with E-state index >= 15 is 0 Å². The predicted molar refractivity (Wildman–Crippen MR) is 135 cm³/mol. The number of para-hydroxylation sites is 1. The lowest BCUT2D eigenvalue weighted by atomic mass is 9.88. The lowest BCUT2D eigenvalue weighted by molar-refractivity contribution is -0.139. The first-order chi connectivity index (χ1) is 17.1. The second kappa shape index (κ2) is 9.99. The number of aromatic nitrogens is 1. The summed E-state index contributed by atoms with van der Waals surface area (Å²) >= 11 is 0. The van der Waals surface area contributed by atoms with Crippen molar-refractivity contribution in [2.45, 2.75) is 51.4 Å². The van der Waals surface area contributed by atoms with Crippen molar-refractivity contribution in [1.82, 2.24) is 14.4 Å². The molecule has 7 heteroatoms. The second-order valence-electron chi connectivity index (χ2n) is 9.90. The van der Waals surface area contributed by atoms with Gasteiger partial charge in [0, 0.05) is 61.4 Å². The standard InChI is InChI=1S/C28H35N3O4/c1-3-9-19-12-13-23-25-21(17-30(23)27(19)33)22(18-32)26(28(34)29-14-7-4-8-15-29)31(25)16-20-10-5-6-11-24(20)35-2/h3,5-6,9-13,21-22,25-26,32H,4,7-8,14-18H2,1-2H3/b9-3-/t21-,22-,25+,26-/m0/s1. The fourth-order valence-corrected chi connectivity index (χ4v) is 6.42. The van der Waals surface area contributed by atoms with E-state index in [9.17, 15) is 14.7 Å². The van der Waals surface area contributed by atoms with Crippen LogP contribution in [0.3, 0.4) is 0 Å². The van der Waals surface area contributed by atoms with Crippen molar-refractivity contribution in [3.63, 3.8) is 0 Å². The third-order valence-corrected chi connectivity index (χ3v) is 8.03. The third-order valence-electron chi connectivity index (χ3n) is 8.03. The Labute approximate surface area is 206 Å². The number of allylic oxidation sites excluding steroid dienone is 1. The smallest absolute Gasteiger partial charge is 0.258 e. The first-order valence-electron chi connectivity index (χ1n) is 12.7. The van der Waals surface area contributed by atoms with Crippen LogP contribution in [0.5, 0.6) is 5.75 Å². The zero-order chi connectivity index (χ0) is 24.5. The number of aliphatic hydroxyl groups excluding tert-OH is 1. The van der Waals surface area contributed by atoms with Gasteiger partial charge >= 0.3 is 0 Å². The lowest BCUT2D eigenvalue weighted by Gasteiger charge is -2.36. The molecule has 5 rings (SSSR count). The molecule has 1 N–H and O–H groups in total. The summed E-state index contributed by atoms with van der Waals surface area (Å²) in [5, 5.41) is 10.6. The average molecular weight is 478 g/mol. The van der Waals surface area contributed by atoms with Gasteiger partial charge in [0.25, 0.3) is 5.56 Å². The third kappa shape index (κ3) is 4.10. The molecule has 4 heterocycles. The topological polar surface area (TPSA) is 75.0 Å². The Balaban J connectivity index is 1.59. The minimum absolute atomic E-state index is 0.0113. The van der Waals surface area contributed by atoms with Crippen LogP contribution in [0.1, 0.15) is 49.0 Å². The average Bonchev–Trinajstić information content (AvgIpc) is 3.41. The molecule has 2 aromatic rings. The number of benzene rings is 1. The Morgan fingerprint density at radius 1 is 1.14 bits per heavy atom. The van der Waals surface area contributed by atoms with Gasteiger partial charge in [-0.15, -0.1) is 0 Å². The number of aliphatic hydroxyl groups is 1. The number of ether oxygens (including phenoxy) is 1. The lowest BCUT2D eigenvalue weighted by Crippen LogP contribution is -2.51. The SMILES string of the molecule is C/C=C\c1ccc2n(c1=O)C[C@H]1[C@H](CO)[C@@H](C(=O)N3CCCCC3)N(Cc3ccccc3OC)[C@@H]21. The van der Waals surface area contributed by atoms with E-state index in [2.05, 4.69) is 4.90 Å². The van der Waals surface area contributed by atoms with Gasteiger partial charge in [-0.25, -0.2) is 0 Å². The molecule has 3 aliphatic heterocycles. The van der Waals surface area contributed by atoms with E-state index in [1.54, 1.807) is 7.11 Å². The van der Waals surface area contributed by atoms with E-state index in [1.807, 2.05) is 64.9 Å². The van der Waals surface area contributed by atoms with Gasteiger partial charge in [-0.2, -0.15) is 0 Å². The van der Waals surface area contributed by atoms with Crippen LogP contribution >= 0.6 is 0 Å². The number of hydrogen-bond acceptors (Lipinski definition) is 5. The second-order valence-corrected chi connectivity index (χ2v) is 9.90. The molecule has 2 saturated heterocycles. The van der Waals surface area contributed by atoms with Gasteiger partial charge in [0.2, 0.25) is 5.91 Å². The molecular formula is C28H35N3O4. The maximum absolute atomic E-state index is 13.9. The van der Waals surface area contributed by atoms with E-state index in [0.717, 1.165) is 49.4 Å². The van der Waals surface area contributed by atoms with Gasteiger partial charge in [0.15, 0.2) is 0 Å². The molecule has 35 heavy (non-hydrogen) atoms. The predicted octanol–water partition coefficient (Wildman–Crippen LogP) is 3.07. The van der Waals surface area contributed by atoms with Crippen LogP contribution in [0, 0.1) is 11.8 Å². The first kappa shape index (κ1) is 23.8. The summed E-state index contributed by atoms with van der Waals surface area (Å²) in [6.45, 7) is 4.39. The van der Waals surface area contributed by atoms with E-state index in [0.29, 0.717) is 18.7 Å². The number of methoxy groups -OCH3 is 1. The van der Waals surface area contributed by atoms with Crippen molar-refractivity contribution >= 4 is 12.0 Å². The number of fused-ring (bicyclic) bond motifs is 3. The summed E-state index contributed by atoms with van der Waals surface area (Å²) in [5.74, 6) is 0.627. The number of nitrogens with zero attached hydrogens (tertiary/aromatic N) is 3. The van der Waals surface area contributed by atoms with Crippen molar-refractivity contribution in [1.29, 1.82) is 0 Å². The molecular weight excluding hydrogens is 442 g/mol. The number of piperidine rings is 1. The number of pyridine rings is 1. The van der Waals surface area contributed by atoms with Gasteiger partial charge < -0.3 is 19.3 Å². The van der Waals surface area contributed by atoms with E-state index in [4.69, 9.17) is 4.74 Å². The molecule has 0 bridgehead atoms. The highest BCUT2D eigenvalue weighted by Crippen LogP contribution is 2.50. The fraction of sp³-hybridized carbons (Fsp3) is 0.500. The molecule has 3 aliphatic rings. The van der Waals surface area contributed by atoms with Crippen LogP contribution in [0.2, 0.25) is 0 Å².